The van der Waals surface area contributed by atoms with Gasteiger partial charge in [-0.3, -0.25) is 4.79 Å². The molecule has 82 valence electrons. The van der Waals surface area contributed by atoms with E-state index in [-0.39, 0.29) is 11.9 Å². The number of primary amides is 1. The molecule has 0 saturated heterocycles. The molecule has 1 amide bonds. The van der Waals surface area contributed by atoms with Crippen molar-refractivity contribution in [1.29, 1.82) is 0 Å². The van der Waals surface area contributed by atoms with Gasteiger partial charge in [0.1, 0.15) is 6.04 Å². The first-order valence-electron chi connectivity index (χ1n) is 4.86. The number of anilines is 1. The summed E-state index contributed by atoms with van der Waals surface area (Å²) in [6.07, 6.45) is 0.694. The van der Waals surface area contributed by atoms with Gasteiger partial charge in [0.15, 0.2) is 0 Å². The molecule has 1 atom stereocenters. The maximum atomic E-state index is 11.0. The van der Waals surface area contributed by atoms with Crippen molar-refractivity contribution in [2.24, 2.45) is 5.73 Å². The molecule has 0 radical (unpaired) electrons. The molecule has 0 saturated carbocycles. The van der Waals surface area contributed by atoms with Crippen molar-refractivity contribution in [3.05, 3.63) is 27.3 Å². The van der Waals surface area contributed by atoms with Gasteiger partial charge < -0.3 is 11.1 Å². The van der Waals surface area contributed by atoms with E-state index in [1.54, 1.807) is 0 Å². The van der Waals surface area contributed by atoms with Gasteiger partial charge in [-0.25, -0.2) is 0 Å². The molecule has 1 aromatic rings. The minimum Gasteiger partial charge on any atom is -0.374 e. The van der Waals surface area contributed by atoms with Crippen LogP contribution < -0.4 is 11.1 Å². The van der Waals surface area contributed by atoms with Crippen LogP contribution in [0.15, 0.2) is 18.2 Å². The van der Waals surface area contributed by atoms with Crippen molar-refractivity contribution in [3.8, 4) is 0 Å². The summed E-state index contributed by atoms with van der Waals surface area (Å²) in [7, 11) is 0. The Hall–Kier alpha value is -0.780. The van der Waals surface area contributed by atoms with Gasteiger partial charge in [-0.05, 0) is 53.6 Å². The summed E-state index contributed by atoms with van der Waals surface area (Å²) in [6.45, 7) is 3.98. The van der Waals surface area contributed by atoms with Crippen molar-refractivity contribution >= 4 is 34.2 Å². The zero-order chi connectivity index (χ0) is 11.4. The van der Waals surface area contributed by atoms with Crippen molar-refractivity contribution in [3.63, 3.8) is 0 Å². The smallest absolute Gasteiger partial charge is 0.239 e. The Morgan fingerprint density at radius 2 is 2.27 bits per heavy atom. The van der Waals surface area contributed by atoms with Crippen molar-refractivity contribution < 1.29 is 4.79 Å². The first kappa shape index (κ1) is 12.3. The van der Waals surface area contributed by atoms with E-state index in [1.807, 2.05) is 25.1 Å². The Kier molecular flexibility index (Phi) is 4.38. The fourth-order valence-electron chi connectivity index (χ4n) is 1.26. The van der Waals surface area contributed by atoms with E-state index >= 15 is 0 Å². The summed E-state index contributed by atoms with van der Waals surface area (Å²) in [4.78, 5) is 11.0. The minimum atomic E-state index is -0.312. The van der Waals surface area contributed by atoms with Gasteiger partial charge in [-0.2, -0.15) is 0 Å². The molecule has 0 bridgehead atoms. The number of benzene rings is 1. The average molecular weight is 318 g/mol. The number of carbonyl (C=O) groups is 1. The maximum absolute atomic E-state index is 11.0. The molecule has 15 heavy (non-hydrogen) atoms. The van der Waals surface area contributed by atoms with Gasteiger partial charge in [0, 0.05) is 9.26 Å². The molecule has 4 heteroatoms. The van der Waals surface area contributed by atoms with Crippen LogP contribution >= 0.6 is 22.6 Å². The molecule has 1 rings (SSSR count). The topological polar surface area (TPSA) is 55.1 Å². The fraction of sp³-hybridized carbons (Fsp3) is 0.364. The normalized spacial score (nSPS) is 12.2. The van der Waals surface area contributed by atoms with Crippen LogP contribution in [0.2, 0.25) is 0 Å². The summed E-state index contributed by atoms with van der Waals surface area (Å²) in [5.74, 6) is -0.312. The van der Waals surface area contributed by atoms with E-state index in [2.05, 4.69) is 34.8 Å². The average Bonchev–Trinajstić information content (AvgIpc) is 2.19. The maximum Gasteiger partial charge on any atom is 0.239 e. The van der Waals surface area contributed by atoms with Crippen LogP contribution in [-0.2, 0) is 4.79 Å². The van der Waals surface area contributed by atoms with E-state index in [0.717, 1.165) is 5.69 Å². The zero-order valence-electron chi connectivity index (χ0n) is 8.88. The lowest BCUT2D eigenvalue weighted by Crippen LogP contribution is -2.34. The third-order valence-corrected chi connectivity index (χ3v) is 3.43. The summed E-state index contributed by atoms with van der Waals surface area (Å²) >= 11 is 2.27. The molecular weight excluding hydrogens is 303 g/mol. The number of rotatable bonds is 4. The Bertz CT molecular complexity index is 366. The van der Waals surface area contributed by atoms with E-state index in [9.17, 15) is 4.79 Å². The van der Waals surface area contributed by atoms with E-state index in [1.165, 1.54) is 9.13 Å². The highest BCUT2D eigenvalue weighted by atomic mass is 127. The second-order valence-electron chi connectivity index (χ2n) is 3.47. The van der Waals surface area contributed by atoms with Crippen LogP contribution in [0.25, 0.3) is 0 Å². The molecular formula is C11H15IN2O. The molecule has 0 aliphatic heterocycles. The summed E-state index contributed by atoms with van der Waals surface area (Å²) in [6, 6.07) is 5.71. The predicted octanol–water partition coefficient (Wildman–Crippen LogP) is 2.28. The minimum absolute atomic E-state index is 0.288. The third kappa shape index (κ3) is 3.37. The van der Waals surface area contributed by atoms with Gasteiger partial charge in [-0.1, -0.05) is 13.0 Å². The molecule has 0 aromatic heterocycles. The van der Waals surface area contributed by atoms with Gasteiger partial charge in [0.2, 0.25) is 5.91 Å². The van der Waals surface area contributed by atoms with E-state index in [4.69, 9.17) is 5.73 Å². The lowest BCUT2D eigenvalue weighted by atomic mass is 10.2. The van der Waals surface area contributed by atoms with Crippen molar-refractivity contribution in [1.82, 2.24) is 0 Å². The Labute approximate surface area is 104 Å². The highest BCUT2D eigenvalue weighted by Gasteiger charge is 2.12. The Morgan fingerprint density at radius 3 is 2.73 bits per heavy atom. The first-order valence-corrected chi connectivity index (χ1v) is 5.94. The van der Waals surface area contributed by atoms with Crippen LogP contribution in [0.1, 0.15) is 18.9 Å². The van der Waals surface area contributed by atoms with Crippen LogP contribution in [0, 0.1) is 10.5 Å². The van der Waals surface area contributed by atoms with Gasteiger partial charge in [-0.15, -0.1) is 0 Å². The molecule has 0 aliphatic carbocycles. The number of nitrogens with two attached hydrogens (primary N) is 1. The Morgan fingerprint density at radius 1 is 1.60 bits per heavy atom. The molecule has 3 N–H and O–H groups in total. The SMILES string of the molecule is CC[C@@H](Nc1ccc(C)c(I)c1)C(N)=O. The van der Waals surface area contributed by atoms with Crippen LogP contribution in [0.4, 0.5) is 5.69 Å². The number of nitrogens with one attached hydrogen (secondary N) is 1. The van der Waals surface area contributed by atoms with Crippen LogP contribution in [0.5, 0.6) is 0 Å². The van der Waals surface area contributed by atoms with Crippen LogP contribution in [-0.4, -0.2) is 11.9 Å². The summed E-state index contributed by atoms with van der Waals surface area (Å²) < 4.78 is 1.18. The standard InChI is InChI=1S/C11H15IN2O/c1-3-10(11(13)15)14-8-5-4-7(2)9(12)6-8/h4-6,10,14H,3H2,1-2H3,(H2,13,15)/t10-/m1/s1. The number of amides is 1. The number of halogens is 1. The van der Waals surface area contributed by atoms with Crippen molar-refractivity contribution in [2.75, 3.05) is 5.32 Å². The molecule has 1 aromatic carbocycles. The fourth-order valence-corrected chi connectivity index (χ4v) is 1.77. The second kappa shape index (κ2) is 5.34. The molecule has 3 nitrogen and oxygen atoms in total. The second-order valence-corrected chi connectivity index (χ2v) is 4.63. The van der Waals surface area contributed by atoms with Gasteiger partial charge >= 0.3 is 0 Å². The highest BCUT2D eigenvalue weighted by Crippen LogP contribution is 2.18. The molecule has 0 aliphatic rings. The highest BCUT2D eigenvalue weighted by molar-refractivity contribution is 14.1. The molecule has 0 heterocycles. The lowest BCUT2D eigenvalue weighted by molar-refractivity contribution is -0.118. The van der Waals surface area contributed by atoms with Gasteiger partial charge in [0.25, 0.3) is 0 Å². The predicted molar refractivity (Wildman–Crippen MR) is 70.8 cm³/mol. The van der Waals surface area contributed by atoms with Gasteiger partial charge in [0.05, 0.1) is 0 Å². The largest absolute Gasteiger partial charge is 0.374 e. The molecule has 0 spiro atoms. The quantitative estimate of drug-likeness (QED) is 0.837. The Balaban J connectivity index is 2.80. The van der Waals surface area contributed by atoms with Crippen molar-refractivity contribution in [2.45, 2.75) is 26.3 Å². The molecule has 0 unspecified atom stereocenters. The van der Waals surface area contributed by atoms with E-state index in [0.29, 0.717) is 6.42 Å². The number of carbonyl (C=O) groups excluding carboxylic acids is 1. The zero-order valence-corrected chi connectivity index (χ0v) is 11.0. The summed E-state index contributed by atoms with van der Waals surface area (Å²) in [5, 5.41) is 3.12. The monoisotopic (exact) mass is 318 g/mol. The number of hydrogen-bond acceptors (Lipinski definition) is 2. The van der Waals surface area contributed by atoms with E-state index < -0.39 is 0 Å². The lowest BCUT2D eigenvalue weighted by Gasteiger charge is -2.15. The summed E-state index contributed by atoms with van der Waals surface area (Å²) in [5.41, 5.74) is 7.43. The number of hydrogen-bond donors (Lipinski definition) is 2. The number of aryl methyl sites for hydroxylation is 1. The molecule has 0 fully saturated rings. The van der Waals surface area contributed by atoms with Crippen LogP contribution in [0.3, 0.4) is 0 Å². The first-order chi connectivity index (χ1) is 7.04. The third-order valence-electron chi connectivity index (χ3n) is 2.26.